The van der Waals surface area contributed by atoms with E-state index in [4.69, 9.17) is 9.47 Å². The summed E-state index contributed by atoms with van der Waals surface area (Å²) < 4.78 is 11.2. The van der Waals surface area contributed by atoms with Crippen LogP contribution in [0.4, 0.5) is 0 Å². The summed E-state index contributed by atoms with van der Waals surface area (Å²) in [7, 11) is 0. The minimum absolute atomic E-state index is 0.0931. The summed E-state index contributed by atoms with van der Waals surface area (Å²) in [6, 6.07) is 0. The van der Waals surface area contributed by atoms with Crippen LogP contribution in [0.25, 0.3) is 0 Å². The number of rotatable bonds is 11. The van der Waals surface area contributed by atoms with Crippen LogP contribution in [-0.2, 0) is 9.47 Å². The van der Waals surface area contributed by atoms with Crippen LogP contribution < -0.4 is 0 Å². The van der Waals surface area contributed by atoms with Gasteiger partial charge in [-0.1, -0.05) is 32.6 Å². The van der Waals surface area contributed by atoms with Gasteiger partial charge in [-0.05, 0) is 39.7 Å². The maximum atomic E-state index is 5.62. The second-order valence-corrected chi connectivity index (χ2v) is 4.34. The highest BCUT2D eigenvalue weighted by Gasteiger charge is 2.08. The fraction of sp³-hybridized carbons (Fsp3) is 0.867. The lowest BCUT2D eigenvalue weighted by molar-refractivity contribution is 0.0490. The SMILES string of the molecule is CCCCCCC/C=C(\OCC)C(C)OCC. The Morgan fingerprint density at radius 3 is 2.29 bits per heavy atom. The van der Waals surface area contributed by atoms with Gasteiger partial charge in [0, 0.05) is 6.61 Å². The van der Waals surface area contributed by atoms with Crippen LogP contribution in [0.1, 0.15) is 66.2 Å². The summed E-state index contributed by atoms with van der Waals surface area (Å²) >= 11 is 0. The van der Waals surface area contributed by atoms with E-state index in [-0.39, 0.29) is 6.10 Å². The highest BCUT2D eigenvalue weighted by molar-refractivity contribution is 4.98. The van der Waals surface area contributed by atoms with Crippen molar-refractivity contribution >= 4 is 0 Å². The third kappa shape index (κ3) is 9.22. The van der Waals surface area contributed by atoms with Gasteiger partial charge in [0.1, 0.15) is 11.9 Å². The summed E-state index contributed by atoms with van der Waals surface area (Å²) in [6.07, 6.45) is 10.0. The zero-order valence-electron chi connectivity index (χ0n) is 12.1. The van der Waals surface area contributed by atoms with E-state index >= 15 is 0 Å². The van der Waals surface area contributed by atoms with E-state index in [1.165, 1.54) is 32.1 Å². The van der Waals surface area contributed by atoms with Crippen LogP contribution in [-0.4, -0.2) is 19.3 Å². The number of allylic oxidation sites excluding steroid dienone is 1. The molecule has 0 aromatic carbocycles. The predicted octanol–water partition coefficient (Wildman–Crippen LogP) is 4.69. The van der Waals surface area contributed by atoms with Crippen molar-refractivity contribution in [2.75, 3.05) is 13.2 Å². The first-order valence-corrected chi connectivity index (χ1v) is 7.20. The van der Waals surface area contributed by atoms with E-state index in [1.54, 1.807) is 0 Å². The quantitative estimate of drug-likeness (QED) is 0.386. The van der Waals surface area contributed by atoms with Crippen molar-refractivity contribution in [3.8, 4) is 0 Å². The molecule has 0 rings (SSSR count). The van der Waals surface area contributed by atoms with Crippen molar-refractivity contribution in [2.24, 2.45) is 0 Å². The molecule has 0 N–H and O–H groups in total. The van der Waals surface area contributed by atoms with Crippen LogP contribution in [0.5, 0.6) is 0 Å². The zero-order valence-corrected chi connectivity index (χ0v) is 12.1. The average molecular weight is 242 g/mol. The van der Waals surface area contributed by atoms with Crippen LogP contribution >= 0.6 is 0 Å². The fourth-order valence-electron chi connectivity index (χ4n) is 1.83. The van der Waals surface area contributed by atoms with E-state index in [0.29, 0.717) is 0 Å². The highest BCUT2D eigenvalue weighted by atomic mass is 16.5. The first kappa shape index (κ1) is 16.5. The van der Waals surface area contributed by atoms with E-state index in [2.05, 4.69) is 19.9 Å². The van der Waals surface area contributed by atoms with Crippen LogP contribution in [0.15, 0.2) is 11.8 Å². The standard InChI is InChI=1S/C15H30O2/c1-5-8-9-10-11-12-13-15(17-7-3)14(4)16-6-2/h13-14H,5-12H2,1-4H3/b15-13-. The number of hydrogen-bond acceptors (Lipinski definition) is 2. The molecular weight excluding hydrogens is 212 g/mol. The van der Waals surface area contributed by atoms with Crippen LogP contribution in [0.2, 0.25) is 0 Å². The van der Waals surface area contributed by atoms with Crippen LogP contribution in [0.3, 0.4) is 0 Å². The fourth-order valence-corrected chi connectivity index (χ4v) is 1.83. The number of ether oxygens (including phenoxy) is 2. The average Bonchev–Trinajstić information content (AvgIpc) is 2.32. The van der Waals surface area contributed by atoms with Gasteiger partial charge in [-0.15, -0.1) is 0 Å². The third-order valence-electron chi connectivity index (χ3n) is 2.78. The molecule has 0 aliphatic carbocycles. The van der Waals surface area contributed by atoms with Gasteiger partial charge in [-0.2, -0.15) is 0 Å². The second-order valence-electron chi connectivity index (χ2n) is 4.34. The molecule has 2 nitrogen and oxygen atoms in total. The highest BCUT2D eigenvalue weighted by Crippen LogP contribution is 2.12. The first-order chi connectivity index (χ1) is 8.26. The van der Waals surface area contributed by atoms with E-state index in [1.807, 2.05) is 13.8 Å². The molecule has 0 aromatic heterocycles. The minimum Gasteiger partial charge on any atom is -0.496 e. The lowest BCUT2D eigenvalue weighted by atomic mass is 10.1. The lowest BCUT2D eigenvalue weighted by Crippen LogP contribution is -2.14. The van der Waals surface area contributed by atoms with Crippen molar-refractivity contribution in [2.45, 2.75) is 72.3 Å². The molecule has 2 heteroatoms. The smallest absolute Gasteiger partial charge is 0.120 e. The Balaban J connectivity index is 3.85. The Bertz CT molecular complexity index is 187. The molecule has 0 radical (unpaired) electrons. The second kappa shape index (κ2) is 12.0. The Morgan fingerprint density at radius 1 is 1.00 bits per heavy atom. The van der Waals surface area contributed by atoms with Crippen molar-refractivity contribution in [3.63, 3.8) is 0 Å². The van der Waals surface area contributed by atoms with Gasteiger partial charge >= 0.3 is 0 Å². The third-order valence-corrected chi connectivity index (χ3v) is 2.78. The van der Waals surface area contributed by atoms with Gasteiger partial charge in [0.15, 0.2) is 0 Å². The molecule has 0 aliphatic rings. The monoisotopic (exact) mass is 242 g/mol. The Morgan fingerprint density at radius 2 is 1.71 bits per heavy atom. The molecular formula is C15H30O2. The van der Waals surface area contributed by atoms with Gasteiger partial charge in [0.25, 0.3) is 0 Å². The molecule has 1 unspecified atom stereocenters. The zero-order chi connectivity index (χ0) is 12.9. The predicted molar refractivity (Wildman–Crippen MR) is 74.2 cm³/mol. The van der Waals surface area contributed by atoms with E-state index in [0.717, 1.165) is 25.4 Å². The molecule has 0 aromatic rings. The summed E-state index contributed by atoms with van der Waals surface area (Å²) in [6.45, 7) is 9.80. The van der Waals surface area contributed by atoms with Gasteiger partial charge in [-0.3, -0.25) is 0 Å². The van der Waals surface area contributed by atoms with Crippen LogP contribution in [0, 0.1) is 0 Å². The summed E-state index contributed by atoms with van der Waals surface area (Å²) in [5.41, 5.74) is 0. The van der Waals surface area contributed by atoms with Crippen molar-refractivity contribution < 1.29 is 9.47 Å². The van der Waals surface area contributed by atoms with Crippen molar-refractivity contribution in [1.29, 1.82) is 0 Å². The lowest BCUT2D eigenvalue weighted by Gasteiger charge is -2.16. The van der Waals surface area contributed by atoms with Crippen molar-refractivity contribution in [3.05, 3.63) is 11.8 Å². The van der Waals surface area contributed by atoms with Gasteiger partial charge in [-0.25, -0.2) is 0 Å². The normalized spacial score (nSPS) is 13.8. The number of unbranched alkanes of at least 4 members (excludes halogenated alkanes) is 5. The molecule has 0 saturated heterocycles. The van der Waals surface area contributed by atoms with Crippen molar-refractivity contribution in [1.82, 2.24) is 0 Å². The van der Waals surface area contributed by atoms with E-state index < -0.39 is 0 Å². The molecule has 0 heterocycles. The van der Waals surface area contributed by atoms with Gasteiger partial charge < -0.3 is 9.47 Å². The topological polar surface area (TPSA) is 18.5 Å². The van der Waals surface area contributed by atoms with Gasteiger partial charge in [0.2, 0.25) is 0 Å². The molecule has 0 amide bonds. The Kier molecular flexibility index (Phi) is 11.6. The maximum absolute atomic E-state index is 5.62. The van der Waals surface area contributed by atoms with E-state index in [9.17, 15) is 0 Å². The molecule has 0 bridgehead atoms. The molecule has 1 atom stereocenters. The molecule has 0 saturated carbocycles. The van der Waals surface area contributed by atoms with Gasteiger partial charge in [0.05, 0.1) is 6.61 Å². The molecule has 0 spiro atoms. The maximum Gasteiger partial charge on any atom is 0.120 e. The Labute approximate surface area is 107 Å². The summed E-state index contributed by atoms with van der Waals surface area (Å²) in [5.74, 6) is 1.00. The number of hydrogen-bond donors (Lipinski definition) is 0. The molecule has 102 valence electrons. The molecule has 17 heavy (non-hydrogen) atoms. The summed E-state index contributed by atoms with van der Waals surface area (Å²) in [4.78, 5) is 0. The summed E-state index contributed by atoms with van der Waals surface area (Å²) in [5, 5.41) is 0. The molecule has 0 fully saturated rings. The largest absolute Gasteiger partial charge is 0.496 e. The minimum atomic E-state index is 0.0931. The molecule has 0 aliphatic heterocycles. The Hall–Kier alpha value is -0.500. The first-order valence-electron chi connectivity index (χ1n) is 7.20.